The summed E-state index contributed by atoms with van der Waals surface area (Å²) in [6.07, 6.45) is 2.15. The summed E-state index contributed by atoms with van der Waals surface area (Å²) in [6.45, 7) is 4.13. The van der Waals surface area contributed by atoms with E-state index in [-0.39, 0.29) is 11.9 Å². The van der Waals surface area contributed by atoms with Crippen LogP contribution in [-0.2, 0) is 17.6 Å². The molecule has 1 N–H and O–H groups in total. The summed E-state index contributed by atoms with van der Waals surface area (Å²) in [5, 5.41) is 11.8. The molecular weight excluding hydrogens is 284 g/mol. The molecule has 2 rings (SSSR count). The largest absolute Gasteiger partial charge is 0.350 e. The van der Waals surface area contributed by atoms with Gasteiger partial charge in [0.2, 0.25) is 5.91 Å². The SMILES string of the molecule is CCc1ccc(C(C)NC(=O)CCc2ccc(C#N)cc2)cc1. The highest BCUT2D eigenvalue weighted by molar-refractivity contribution is 5.76. The highest BCUT2D eigenvalue weighted by Gasteiger charge is 2.09. The Kier molecular flexibility index (Phi) is 5.94. The smallest absolute Gasteiger partial charge is 0.220 e. The molecule has 3 nitrogen and oxygen atoms in total. The number of carbonyl (C=O) groups excluding carboxylic acids is 1. The van der Waals surface area contributed by atoms with Gasteiger partial charge >= 0.3 is 0 Å². The highest BCUT2D eigenvalue weighted by Crippen LogP contribution is 2.14. The number of amides is 1. The maximum absolute atomic E-state index is 12.1. The minimum atomic E-state index is 0.00868. The van der Waals surface area contributed by atoms with Gasteiger partial charge in [0.1, 0.15) is 0 Å². The van der Waals surface area contributed by atoms with E-state index in [1.807, 2.05) is 19.1 Å². The Morgan fingerprint density at radius 2 is 1.70 bits per heavy atom. The van der Waals surface area contributed by atoms with Gasteiger partial charge < -0.3 is 5.32 Å². The number of benzene rings is 2. The van der Waals surface area contributed by atoms with Crippen molar-refractivity contribution in [2.24, 2.45) is 0 Å². The van der Waals surface area contributed by atoms with Crippen LogP contribution in [0.5, 0.6) is 0 Å². The standard InChI is InChI=1S/C20H22N2O/c1-3-16-8-11-19(12-9-16)15(2)22-20(23)13-10-17-4-6-18(14-21)7-5-17/h4-9,11-12,15H,3,10,13H2,1-2H3,(H,22,23). The van der Waals surface area contributed by atoms with E-state index in [9.17, 15) is 4.79 Å². The van der Waals surface area contributed by atoms with Crippen molar-refractivity contribution in [1.29, 1.82) is 5.26 Å². The summed E-state index contributed by atoms with van der Waals surface area (Å²) in [7, 11) is 0. The first kappa shape index (κ1) is 16.8. The van der Waals surface area contributed by atoms with Crippen LogP contribution < -0.4 is 5.32 Å². The Balaban J connectivity index is 1.84. The molecule has 0 saturated carbocycles. The fourth-order valence-electron chi connectivity index (χ4n) is 2.44. The van der Waals surface area contributed by atoms with Crippen molar-refractivity contribution in [2.75, 3.05) is 0 Å². The summed E-state index contributed by atoms with van der Waals surface area (Å²) in [6, 6.07) is 17.8. The van der Waals surface area contributed by atoms with Crippen LogP contribution in [0.1, 0.15) is 48.6 Å². The van der Waals surface area contributed by atoms with Gasteiger partial charge in [-0.05, 0) is 48.6 Å². The molecule has 0 aromatic heterocycles. The molecule has 118 valence electrons. The Labute approximate surface area is 138 Å². The molecule has 0 aliphatic heterocycles. The van der Waals surface area contributed by atoms with Crippen LogP contribution in [0.25, 0.3) is 0 Å². The second-order valence-electron chi connectivity index (χ2n) is 5.69. The molecule has 1 unspecified atom stereocenters. The third-order valence-electron chi connectivity index (χ3n) is 3.99. The van der Waals surface area contributed by atoms with Gasteiger partial charge in [0.15, 0.2) is 0 Å². The molecule has 0 heterocycles. The zero-order valence-corrected chi connectivity index (χ0v) is 13.7. The van der Waals surface area contributed by atoms with E-state index >= 15 is 0 Å². The van der Waals surface area contributed by atoms with Crippen LogP contribution in [0.2, 0.25) is 0 Å². The van der Waals surface area contributed by atoms with Gasteiger partial charge in [0, 0.05) is 6.42 Å². The number of nitriles is 1. The number of nitrogens with zero attached hydrogens (tertiary/aromatic N) is 1. The lowest BCUT2D eigenvalue weighted by atomic mass is 10.0. The van der Waals surface area contributed by atoms with Gasteiger partial charge in [0.05, 0.1) is 17.7 Å². The summed E-state index contributed by atoms with van der Waals surface area (Å²) in [5.74, 6) is 0.0430. The Morgan fingerprint density at radius 1 is 1.09 bits per heavy atom. The zero-order chi connectivity index (χ0) is 16.7. The predicted octanol–water partition coefficient (Wildman–Crippen LogP) is 3.93. The normalized spacial score (nSPS) is 11.5. The second-order valence-corrected chi connectivity index (χ2v) is 5.69. The van der Waals surface area contributed by atoms with E-state index in [2.05, 4.69) is 42.6 Å². The molecule has 0 radical (unpaired) electrons. The molecule has 2 aromatic rings. The first-order valence-electron chi connectivity index (χ1n) is 7.99. The average molecular weight is 306 g/mol. The minimum absolute atomic E-state index is 0.00868. The molecule has 0 saturated heterocycles. The maximum atomic E-state index is 12.1. The first-order chi connectivity index (χ1) is 11.1. The van der Waals surface area contributed by atoms with Crippen LogP contribution in [-0.4, -0.2) is 5.91 Å². The first-order valence-corrected chi connectivity index (χ1v) is 7.99. The second kappa shape index (κ2) is 8.14. The van der Waals surface area contributed by atoms with Crippen molar-refractivity contribution >= 4 is 5.91 Å². The lowest BCUT2D eigenvalue weighted by Crippen LogP contribution is -2.26. The fraction of sp³-hybridized carbons (Fsp3) is 0.300. The maximum Gasteiger partial charge on any atom is 0.220 e. The molecular formula is C20H22N2O. The molecule has 1 atom stereocenters. The average Bonchev–Trinajstić information content (AvgIpc) is 2.60. The van der Waals surface area contributed by atoms with Gasteiger partial charge in [-0.25, -0.2) is 0 Å². The molecule has 3 heteroatoms. The molecule has 2 aromatic carbocycles. The predicted molar refractivity (Wildman–Crippen MR) is 91.9 cm³/mol. The monoisotopic (exact) mass is 306 g/mol. The van der Waals surface area contributed by atoms with Gasteiger partial charge in [-0.15, -0.1) is 0 Å². The number of carbonyl (C=O) groups is 1. The molecule has 23 heavy (non-hydrogen) atoms. The summed E-state index contributed by atoms with van der Waals surface area (Å²) in [5.41, 5.74) is 4.13. The summed E-state index contributed by atoms with van der Waals surface area (Å²) >= 11 is 0. The molecule has 0 bridgehead atoms. The number of hydrogen-bond acceptors (Lipinski definition) is 2. The third-order valence-corrected chi connectivity index (χ3v) is 3.99. The molecule has 0 spiro atoms. The van der Waals surface area contributed by atoms with E-state index in [0.29, 0.717) is 18.4 Å². The Bertz CT molecular complexity index is 681. The highest BCUT2D eigenvalue weighted by atomic mass is 16.1. The van der Waals surface area contributed by atoms with Crippen molar-refractivity contribution in [3.05, 3.63) is 70.8 Å². The van der Waals surface area contributed by atoms with Crippen molar-refractivity contribution in [3.63, 3.8) is 0 Å². The number of nitrogens with one attached hydrogen (secondary N) is 1. The van der Waals surface area contributed by atoms with E-state index in [4.69, 9.17) is 5.26 Å². The number of hydrogen-bond donors (Lipinski definition) is 1. The lowest BCUT2D eigenvalue weighted by molar-refractivity contribution is -0.121. The fourth-order valence-corrected chi connectivity index (χ4v) is 2.44. The number of rotatable bonds is 6. The Hall–Kier alpha value is -2.60. The van der Waals surface area contributed by atoms with E-state index in [0.717, 1.165) is 17.5 Å². The topological polar surface area (TPSA) is 52.9 Å². The van der Waals surface area contributed by atoms with E-state index in [1.165, 1.54) is 5.56 Å². The van der Waals surface area contributed by atoms with Crippen LogP contribution in [0, 0.1) is 11.3 Å². The molecule has 1 amide bonds. The Morgan fingerprint density at radius 3 is 2.26 bits per heavy atom. The van der Waals surface area contributed by atoms with Gasteiger partial charge in [-0.1, -0.05) is 43.3 Å². The molecule has 0 aliphatic carbocycles. The van der Waals surface area contributed by atoms with Crippen LogP contribution in [0.15, 0.2) is 48.5 Å². The molecule has 0 fully saturated rings. The van der Waals surface area contributed by atoms with Crippen molar-refractivity contribution < 1.29 is 4.79 Å². The minimum Gasteiger partial charge on any atom is -0.350 e. The third kappa shape index (κ3) is 4.96. The molecule has 0 aliphatic rings. The number of aryl methyl sites for hydroxylation is 2. The van der Waals surface area contributed by atoms with Crippen molar-refractivity contribution in [3.8, 4) is 6.07 Å². The van der Waals surface area contributed by atoms with Gasteiger partial charge in [0.25, 0.3) is 0 Å². The summed E-state index contributed by atoms with van der Waals surface area (Å²) in [4.78, 5) is 12.1. The van der Waals surface area contributed by atoms with Crippen molar-refractivity contribution in [1.82, 2.24) is 5.32 Å². The van der Waals surface area contributed by atoms with Crippen LogP contribution in [0.3, 0.4) is 0 Å². The van der Waals surface area contributed by atoms with Gasteiger partial charge in [-0.2, -0.15) is 5.26 Å². The van der Waals surface area contributed by atoms with Crippen molar-refractivity contribution in [2.45, 2.75) is 39.2 Å². The van der Waals surface area contributed by atoms with Gasteiger partial charge in [-0.3, -0.25) is 4.79 Å². The summed E-state index contributed by atoms with van der Waals surface area (Å²) < 4.78 is 0. The van der Waals surface area contributed by atoms with Crippen LogP contribution in [0.4, 0.5) is 0 Å². The zero-order valence-electron chi connectivity index (χ0n) is 13.7. The van der Waals surface area contributed by atoms with E-state index < -0.39 is 0 Å². The van der Waals surface area contributed by atoms with E-state index in [1.54, 1.807) is 12.1 Å². The lowest BCUT2D eigenvalue weighted by Gasteiger charge is -2.15. The quantitative estimate of drug-likeness (QED) is 0.879. The van der Waals surface area contributed by atoms with Crippen LogP contribution >= 0.6 is 0 Å².